The lowest BCUT2D eigenvalue weighted by atomic mass is 10.0. The van der Waals surface area contributed by atoms with Crippen LogP contribution in [0.5, 0.6) is 0 Å². The molecule has 300 valence electrons. The van der Waals surface area contributed by atoms with Gasteiger partial charge in [-0.1, -0.05) is 152 Å². The average molecular weight is 752 g/mol. The first-order valence-corrected chi connectivity index (χ1v) is 21.8. The zero-order valence-electron chi connectivity index (χ0n) is 32.7. The Balaban J connectivity index is 3.69. The molecule has 0 aromatic heterocycles. The van der Waals surface area contributed by atoms with Crippen LogP contribution in [0.4, 0.5) is 0 Å². The number of allylic oxidation sites excluding steroid dienone is 10. The van der Waals surface area contributed by atoms with Crippen molar-refractivity contribution < 1.29 is 37.9 Å². The highest BCUT2D eigenvalue weighted by Crippen LogP contribution is 2.42. The van der Waals surface area contributed by atoms with E-state index in [0.717, 1.165) is 77.0 Å². The Morgan fingerprint density at radius 3 is 1.65 bits per heavy atom. The van der Waals surface area contributed by atoms with Crippen molar-refractivity contribution in [1.82, 2.24) is 5.32 Å². The number of unbranched alkanes of at least 4 members (excludes halogenated alkanes) is 14. The highest BCUT2D eigenvalue weighted by molar-refractivity contribution is 7.47. The number of carbonyl (C=O) groups is 2. The van der Waals surface area contributed by atoms with Crippen LogP contribution in [0.25, 0.3) is 0 Å². The molecule has 0 aliphatic carbocycles. The summed E-state index contributed by atoms with van der Waals surface area (Å²) in [6, 6.07) is 0. The van der Waals surface area contributed by atoms with Gasteiger partial charge in [0, 0.05) is 19.4 Å². The van der Waals surface area contributed by atoms with Gasteiger partial charge in [0.05, 0.1) is 13.2 Å². The summed E-state index contributed by atoms with van der Waals surface area (Å²) in [6.45, 7) is 3.38. The van der Waals surface area contributed by atoms with E-state index in [0.29, 0.717) is 6.42 Å². The number of phosphoric acid groups is 1. The summed E-state index contributed by atoms with van der Waals surface area (Å²) in [4.78, 5) is 33.8. The van der Waals surface area contributed by atoms with E-state index >= 15 is 0 Å². The Bertz CT molecular complexity index is 1040. The monoisotopic (exact) mass is 752 g/mol. The largest absolute Gasteiger partial charge is 0.472 e. The molecule has 0 aliphatic rings. The highest BCUT2D eigenvalue weighted by Gasteiger charge is 2.23. The second-order valence-electron chi connectivity index (χ2n) is 13.2. The van der Waals surface area contributed by atoms with Crippen molar-refractivity contribution in [1.29, 1.82) is 0 Å². The molecular formula is C42H74NO8P. The summed E-state index contributed by atoms with van der Waals surface area (Å²) >= 11 is 0. The van der Waals surface area contributed by atoms with Crippen LogP contribution in [-0.2, 0) is 27.9 Å². The third-order valence-electron chi connectivity index (χ3n) is 8.21. The minimum Gasteiger partial charge on any atom is -0.463 e. The molecule has 52 heavy (non-hydrogen) atoms. The lowest BCUT2D eigenvalue weighted by Crippen LogP contribution is -2.27. The molecule has 0 aromatic rings. The molecule has 0 radical (unpaired) electrons. The minimum atomic E-state index is -4.42. The Labute approximate surface area is 317 Å². The summed E-state index contributed by atoms with van der Waals surface area (Å²) in [7, 11) is -4.42. The summed E-state index contributed by atoms with van der Waals surface area (Å²) < 4.78 is 26.8. The van der Waals surface area contributed by atoms with Gasteiger partial charge in [0.15, 0.2) is 0 Å². The maximum Gasteiger partial charge on any atom is 0.472 e. The van der Waals surface area contributed by atoms with E-state index in [1.807, 2.05) is 0 Å². The predicted molar refractivity (Wildman–Crippen MR) is 215 cm³/mol. The van der Waals surface area contributed by atoms with E-state index in [4.69, 9.17) is 13.8 Å². The van der Waals surface area contributed by atoms with Gasteiger partial charge in [0.2, 0.25) is 5.91 Å². The van der Waals surface area contributed by atoms with Crippen LogP contribution in [0, 0.1) is 0 Å². The number of hydrogen-bond donors (Lipinski definition) is 3. The van der Waals surface area contributed by atoms with Crippen LogP contribution in [0.2, 0.25) is 0 Å². The van der Waals surface area contributed by atoms with Gasteiger partial charge in [-0.25, -0.2) is 4.57 Å². The van der Waals surface area contributed by atoms with E-state index in [1.54, 1.807) is 0 Å². The van der Waals surface area contributed by atoms with Crippen molar-refractivity contribution in [2.45, 2.75) is 168 Å². The van der Waals surface area contributed by atoms with Crippen LogP contribution < -0.4 is 5.32 Å². The van der Waals surface area contributed by atoms with Crippen molar-refractivity contribution in [3.8, 4) is 0 Å². The average Bonchev–Trinajstić information content (AvgIpc) is 3.13. The molecule has 0 heterocycles. The summed E-state index contributed by atoms with van der Waals surface area (Å²) in [5.74, 6) is -0.552. The number of nitrogens with one attached hydrogen (secondary N) is 1. The molecule has 0 aromatic carbocycles. The number of amides is 1. The van der Waals surface area contributed by atoms with Crippen molar-refractivity contribution in [2.75, 3.05) is 26.4 Å². The van der Waals surface area contributed by atoms with E-state index in [1.165, 1.54) is 57.8 Å². The molecule has 0 saturated carbocycles. The molecule has 10 heteroatoms. The fraction of sp³-hybridized carbons (Fsp3) is 0.714. The van der Waals surface area contributed by atoms with Crippen molar-refractivity contribution in [2.24, 2.45) is 0 Å². The Morgan fingerprint density at radius 2 is 1.10 bits per heavy atom. The molecule has 0 spiro atoms. The summed E-state index contributed by atoms with van der Waals surface area (Å²) in [6.07, 6.45) is 44.4. The first kappa shape index (κ1) is 49.7. The van der Waals surface area contributed by atoms with Gasteiger partial charge >= 0.3 is 13.8 Å². The second-order valence-corrected chi connectivity index (χ2v) is 14.7. The molecule has 0 bridgehead atoms. The number of carbonyl (C=O) groups excluding carboxylic acids is 2. The number of ether oxygens (including phenoxy) is 1. The number of phosphoric ester groups is 1. The SMILES string of the molecule is CC/C=C\C/C=C\C/C=C\C/C=C\C/C=C\CCCCCC(=O)NCCOP(=O)(O)OCC(O)COC(=O)CCCCCCCCCCCCCC. The number of aliphatic hydroxyl groups excluding tert-OH is 1. The first-order valence-electron chi connectivity index (χ1n) is 20.3. The fourth-order valence-electron chi connectivity index (χ4n) is 5.17. The molecule has 0 aliphatic heterocycles. The molecule has 1 amide bonds. The Kier molecular flexibility index (Phi) is 36.7. The zero-order valence-corrected chi connectivity index (χ0v) is 33.6. The number of rotatable bonds is 37. The normalized spacial score (nSPS) is 14.0. The van der Waals surface area contributed by atoms with Crippen molar-refractivity contribution in [3.63, 3.8) is 0 Å². The van der Waals surface area contributed by atoms with Gasteiger partial charge in [-0.3, -0.25) is 18.6 Å². The summed E-state index contributed by atoms with van der Waals surface area (Å²) in [5.41, 5.74) is 0. The zero-order chi connectivity index (χ0) is 38.2. The van der Waals surface area contributed by atoms with Crippen LogP contribution in [0.3, 0.4) is 0 Å². The van der Waals surface area contributed by atoms with Gasteiger partial charge in [-0.2, -0.15) is 0 Å². The highest BCUT2D eigenvalue weighted by atomic mass is 31.2. The second kappa shape index (κ2) is 38.4. The molecule has 0 rings (SSSR count). The predicted octanol–water partition coefficient (Wildman–Crippen LogP) is 10.9. The van der Waals surface area contributed by atoms with Gasteiger partial charge in [0.1, 0.15) is 12.7 Å². The lowest BCUT2D eigenvalue weighted by molar-refractivity contribution is -0.147. The van der Waals surface area contributed by atoms with Crippen LogP contribution >= 0.6 is 7.82 Å². The molecule has 2 unspecified atom stereocenters. The van der Waals surface area contributed by atoms with E-state index in [2.05, 4.69) is 79.9 Å². The molecule has 2 atom stereocenters. The van der Waals surface area contributed by atoms with E-state index < -0.39 is 26.5 Å². The number of esters is 1. The van der Waals surface area contributed by atoms with E-state index in [9.17, 15) is 24.2 Å². The Hall–Kier alpha value is -2.29. The van der Waals surface area contributed by atoms with Gasteiger partial charge in [-0.15, -0.1) is 0 Å². The maximum absolute atomic E-state index is 12.1. The number of aliphatic hydroxyl groups is 1. The van der Waals surface area contributed by atoms with Crippen LogP contribution in [0.1, 0.15) is 162 Å². The summed E-state index contributed by atoms with van der Waals surface area (Å²) in [5, 5.41) is 12.6. The topological polar surface area (TPSA) is 131 Å². The molecule has 3 N–H and O–H groups in total. The maximum atomic E-state index is 12.1. The fourth-order valence-corrected chi connectivity index (χ4v) is 5.93. The third-order valence-corrected chi connectivity index (χ3v) is 9.20. The number of hydrogen-bond acceptors (Lipinski definition) is 7. The molecule has 0 fully saturated rings. The third kappa shape index (κ3) is 38.9. The van der Waals surface area contributed by atoms with E-state index in [-0.39, 0.29) is 32.1 Å². The molecule has 0 saturated heterocycles. The molecule has 9 nitrogen and oxygen atoms in total. The Morgan fingerprint density at radius 1 is 0.615 bits per heavy atom. The van der Waals surface area contributed by atoms with Crippen molar-refractivity contribution >= 4 is 19.7 Å². The van der Waals surface area contributed by atoms with Gasteiger partial charge < -0.3 is 20.1 Å². The van der Waals surface area contributed by atoms with Gasteiger partial charge in [-0.05, 0) is 57.8 Å². The minimum absolute atomic E-state index is 0.0616. The van der Waals surface area contributed by atoms with Crippen LogP contribution in [-0.4, -0.2) is 54.3 Å². The molecular weight excluding hydrogens is 677 g/mol. The lowest BCUT2D eigenvalue weighted by Gasteiger charge is -2.15. The standard InChI is InChI=1S/C42H74NO8P/c1-3-5-7-9-11-13-15-17-18-19-20-21-22-23-24-26-28-30-32-34-41(45)43-36-37-50-52(47,48)51-39-40(44)38-49-42(46)35-33-31-29-27-25-16-14-12-10-8-6-4-2/h5,7,11,13,17-18,20-21,23-24,40,44H,3-4,6,8-10,12,14-16,19,22,25-39H2,1-2H3,(H,43,45)(H,47,48)/b7-5-,13-11-,18-17-,21-20-,24-23-. The van der Waals surface area contributed by atoms with Gasteiger partial charge in [0.25, 0.3) is 0 Å². The smallest absolute Gasteiger partial charge is 0.463 e. The quantitative estimate of drug-likeness (QED) is 0.0247. The van der Waals surface area contributed by atoms with Crippen molar-refractivity contribution in [3.05, 3.63) is 60.8 Å². The van der Waals surface area contributed by atoms with Crippen LogP contribution in [0.15, 0.2) is 60.8 Å². The first-order chi connectivity index (χ1) is 25.3.